The van der Waals surface area contributed by atoms with Gasteiger partial charge in [-0.05, 0) is 31.1 Å². The van der Waals surface area contributed by atoms with Crippen LogP contribution in [0.4, 0.5) is 4.79 Å². The molecule has 2 fully saturated rings. The summed E-state index contributed by atoms with van der Waals surface area (Å²) in [6.07, 6.45) is 2.65. The molecular weight excluding hydrogens is 220 g/mol. The van der Waals surface area contributed by atoms with Gasteiger partial charge in [0, 0.05) is 19.6 Å². The van der Waals surface area contributed by atoms with Gasteiger partial charge in [0.15, 0.2) is 0 Å². The number of hydrogen-bond donors (Lipinski definition) is 2. The summed E-state index contributed by atoms with van der Waals surface area (Å²) in [6.45, 7) is 3.93. The minimum absolute atomic E-state index is 0.102. The molecule has 1 aliphatic heterocycles. The monoisotopic (exact) mass is 240 g/mol. The van der Waals surface area contributed by atoms with E-state index in [9.17, 15) is 9.59 Å². The zero-order valence-corrected chi connectivity index (χ0v) is 10.2. The number of urea groups is 1. The maximum atomic E-state index is 11.8. The molecule has 2 rings (SSSR count). The Morgan fingerprint density at radius 2 is 2.18 bits per heavy atom. The number of amides is 2. The summed E-state index contributed by atoms with van der Waals surface area (Å²) in [5.41, 5.74) is 0. The van der Waals surface area contributed by atoms with Crippen LogP contribution < -0.4 is 5.32 Å². The van der Waals surface area contributed by atoms with Gasteiger partial charge in [0.05, 0.1) is 5.92 Å². The highest BCUT2D eigenvalue weighted by atomic mass is 16.4. The quantitative estimate of drug-likeness (QED) is 0.777. The third kappa shape index (κ3) is 3.11. The highest BCUT2D eigenvalue weighted by molar-refractivity contribution is 5.76. The molecule has 2 amide bonds. The largest absolute Gasteiger partial charge is 0.481 e. The van der Waals surface area contributed by atoms with Gasteiger partial charge in [-0.25, -0.2) is 4.79 Å². The van der Waals surface area contributed by atoms with Crippen molar-refractivity contribution >= 4 is 12.0 Å². The molecule has 3 atom stereocenters. The summed E-state index contributed by atoms with van der Waals surface area (Å²) in [6, 6.07) is -0.102. The molecule has 1 heterocycles. The highest BCUT2D eigenvalue weighted by Gasteiger charge is 2.33. The van der Waals surface area contributed by atoms with Gasteiger partial charge < -0.3 is 15.3 Å². The molecule has 5 nitrogen and oxygen atoms in total. The van der Waals surface area contributed by atoms with Crippen molar-refractivity contribution in [2.24, 2.45) is 17.8 Å². The molecule has 1 saturated carbocycles. The molecule has 0 bridgehead atoms. The number of rotatable bonds is 3. The number of carboxylic acids is 1. The predicted octanol–water partition coefficient (Wildman–Crippen LogP) is 1.15. The summed E-state index contributed by atoms with van der Waals surface area (Å²) in [5, 5.41) is 11.8. The number of carbonyl (C=O) groups is 2. The average Bonchev–Trinajstić information content (AvgIpc) is 3.02. The van der Waals surface area contributed by atoms with Gasteiger partial charge >= 0.3 is 12.0 Å². The van der Waals surface area contributed by atoms with E-state index in [-0.39, 0.29) is 6.03 Å². The van der Waals surface area contributed by atoms with Crippen molar-refractivity contribution in [3.05, 3.63) is 0 Å². The number of carbonyl (C=O) groups excluding carboxylic acids is 1. The van der Waals surface area contributed by atoms with Crippen molar-refractivity contribution in [1.29, 1.82) is 0 Å². The molecule has 0 spiro atoms. The van der Waals surface area contributed by atoms with Crippen molar-refractivity contribution in [3.63, 3.8) is 0 Å². The van der Waals surface area contributed by atoms with E-state index in [4.69, 9.17) is 5.11 Å². The van der Waals surface area contributed by atoms with Gasteiger partial charge in [0.2, 0.25) is 0 Å². The van der Waals surface area contributed by atoms with Crippen LogP contribution in [-0.4, -0.2) is 41.6 Å². The maximum Gasteiger partial charge on any atom is 0.317 e. The summed E-state index contributed by atoms with van der Waals surface area (Å²) in [4.78, 5) is 24.3. The SMILES string of the molecule is CC1CC1CNC(=O)N1CCC[C@H](C(=O)O)C1. The van der Waals surface area contributed by atoms with Crippen LogP contribution in [0.5, 0.6) is 0 Å². The third-order valence-electron chi connectivity index (χ3n) is 3.85. The van der Waals surface area contributed by atoms with Gasteiger partial charge in [-0.2, -0.15) is 0 Å². The number of piperidine rings is 1. The third-order valence-corrected chi connectivity index (χ3v) is 3.85. The van der Waals surface area contributed by atoms with Crippen molar-refractivity contribution < 1.29 is 14.7 Å². The average molecular weight is 240 g/mol. The van der Waals surface area contributed by atoms with E-state index >= 15 is 0 Å². The summed E-state index contributed by atoms with van der Waals surface area (Å²) in [5.74, 6) is 0.162. The Balaban J connectivity index is 1.76. The van der Waals surface area contributed by atoms with Gasteiger partial charge in [0.1, 0.15) is 0 Å². The van der Waals surface area contributed by atoms with Crippen LogP contribution in [0, 0.1) is 17.8 Å². The molecule has 0 aromatic heterocycles. The first-order valence-corrected chi connectivity index (χ1v) is 6.33. The lowest BCUT2D eigenvalue weighted by atomic mass is 9.99. The number of aliphatic carboxylic acids is 1. The number of carboxylic acid groups (broad SMARTS) is 1. The lowest BCUT2D eigenvalue weighted by Crippen LogP contribution is -2.47. The first-order valence-electron chi connectivity index (χ1n) is 6.33. The summed E-state index contributed by atoms with van der Waals surface area (Å²) >= 11 is 0. The van der Waals surface area contributed by atoms with Crippen LogP contribution in [0.2, 0.25) is 0 Å². The van der Waals surface area contributed by atoms with Crippen LogP contribution in [0.15, 0.2) is 0 Å². The first kappa shape index (κ1) is 12.2. The Kier molecular flexibility index (Phi) is 3.54. The topological polar surface area (TPSA) is 69.6 Å². The lowest BCUT2D eigenvalue weighted by Gasteiger charge is -2.30. The lowest BCUT2D eigenvalue weighted by molar-refractivity contribution is -0.143. The minimum atomic E-state index is -0.793. The van der Waals surface area contributed by atoms with Crippen molar-refractivity contribution in [2.75, 3.05) is 19.6 Å². The van der Waals surface area contributed by atoms with E-state index < -0.39 is 11.9 Å². The molecule has 17 heavy (non-hydrogen) atoms. The Labute approximate surface area is 101 Å². The van der Waals surface area contributed by atoms with Crippen molar-refractivity contribution in [2.45, 2.75) is 26.2 Å². The molecular formula is C12H20N2O3. The summed E-state index contributed by atoms with van der Waals surface area (Å²) in [7, 11) is 0. The summed E-state index contributed by atoms with van der Waals surface area (Å²) < 4.78 is 0. The standard InChI is InChI=1S/C12H20N2O3/c1-8-5-10(8)6-13-12(17)14-4-2-3-9(7-14)11(15)16/h8-10H,2-7H2,1H3,(H,13,17)(H,15,16)/t8?,9-,10?/m0/s1. The normalized spacial score (nSPS) is 32.1. The number of nitrogens with zero attached hydrogens (tertiary/aromatic N) is 1. The van der Waals surface area contributed by atoms with Gasteiger partial charge in [-0.1, -0.05) is 6.92 Å². The van der Waals surface area contributed by atoms with Crippen LogP contribution >= 0.6 is 0 Å². The second kappa shape index (κ2) is 4.94. The Morgan fingerprint density at radius 1 is 1.47 bits per heavy atom. The van der Waals surface area contributed by atoms with Crippen LogP contribution in [0.25, 0.3) is 0 Å². The van der Waals surface area contributed by atoms with E-state index in [1.807, 2.05) is 0 Å². The number of likely N-dealkylation sites (tertiary alicyclic amines) is 1. The van der Waals surface area contributed by atoms with E-state index in [1.54, 1.807) is 4.90 Å². The smallest absolute Gasteiger partial charge is 0.317 e. The second-order valence-electron chi connectivity index (χ2n) is 5.28. The van der Waals surface area contributed by atoms with Gasteiger partial charge in [0.25, 0.3) is 0 Å². The van der Waals surface area contributed by atoms with E-state index in [2.05, 4.69) is 12.2 Å². The first-order chi connectivity index (χ1) is 8.08. The Bertz CT molecular complexity index is 319. The predicted molar refractivity (Wildman–Crippen MR) is 62.6 cm³/mol. The van der Waals surface area contributed by atoms with Gasteiger partial charge in [-0.3, -0.25) is 4.79 Å². The van der Waals surface area contributed by atoms with Crippen LogP contribution in [0.1, 0.15) is 26.2 Å². The molecule has 5 heteroatoms. The fraction of sp³-hybridized carbons (Fsp3) is 0.833. The molecule has 1 saturated heterocycles. The molecule has 1 aliphatic carbocycles. The van der Waals surface area contributed by atoms with E-state index in [0.29, 0.717) is 25.4 Å². The maximum absolute atomic E-state index is 11.8. The van der Waals surface area contributed by atoms with Crippen molar-refractivity contribution in [3.8, 4) is 0 Å². The van der Waals surface area contributed by atoms with Crippen LogP contribution in [-0.2, 0) is 4.79 Å². The highest BCUT2D eigenvalue weighted by Crippen LogP contribution is 2.36. The second-order valence-corrected chi connectivity index (χ2v) is 5.28. The van der Waals surface area contributed by atoms with Gasteiger partial charge in [-0.15, -0.1) is 0 Å². The zero-order valence-electron chi connectivity index (χ0n) is 10.2. The minimum Gasteiger partial charge on any atom is -0.481 e. The molecule has 0 aromatic carbocycles. The molecule has 2 N–H and O–H groups in total. The molecule has 2 unspecified atom stereocenters. The van der Waals surface area contributed by atoms with Crippen LogP contribution in [0.3, 0.4) is 0 Å². The number of hydrogen-bond acceptors (Lipinski definition) is 2. The zero-order chi connectivity index (χ0) is 12.4. The molecule has 2 aliphatic rings. The Morgan fingerprint density at radius 3 is 2.76 bits per heavy atom. The molecule has 0 radical (unpaired) electrons. The van der Waals surface area contributed by atoms with Crippen molar-refractivity contribution in [1.82, 2.24) is 10.2 Å². The van der Waals surface area contributed by atoms with E-state index in [0.717, 1.165) is 18.9 Å². The molecule has 96 valence electrons. The molecule has 0 aromatic rings. The van der Waals surface area contributed by atoms with E-state index in [1.165, 1.54) is 6.42 Å². The fourth-order valence-corrected chi connectivity index (χ4v) is 2.38. The number of nitrogens with one attached hydrogen (secondary N) is 1. The Hall–Kier alpha value is -1.26. The fourth-order valence-electron chi connectivity index (χ4n) is 2.38.